The number of carbonyl (C=O) groups is 2. The molecule has 1 heterocycles. The predicted octanol–water partition coefficient (Wildman–Crippen LogP) is 2.48. The van der Waals surface area contributed by atoms with E-state index >= 15 is 0 Å². The van der Waals surface area contributed by atoms with Gasteiger partial charge in [0, 0.05) is 32.1 Å². The van der Waals surface area contributed by atoms with Crippen molar-refractivity contribution in [3.63, 3.8) is 0 Å². The monoisotopic (exact) mass is 320 g/mol. The highest BCUT2D eigenvalue weighted by molar-refractivity contribution is 5.81. The average Bonchev–Trinajstić information content (AvgIpc) is 2.56. The summed E-state index contributed by atoms with van der Waals surface area (Å²) >= 11 is 0. The van der Waals surface area contributed by atoms with Crippen LogP contribution in [0.5, 0.6) is 0 Å². The molecule has 0 spiro atoms. The van der Waals surface area contributed by atoms with Gasteiger partial charge in [-0.2, -0.15) is 0 Å². The van der Waals surface area contributed by atoms with Crippen LogP contribution in [-0.2, 0) is 16.0 Å². The Hall–Kier alpha value is -1.91. The average molecular weight is 320 g/mol. The van der Waals surface area contributed by atoms with Crippen LogP contribution in [0.2, 0.25) is 0 Å². The van der Waals surface area contributed by atoms with Gasteiger partial charge in [0.1, 0.15) is 5.82 Å². The first-order valence-corrected chi connectivity index (χ1v) is 8.36. The molecule has 2 amide bonds. The molecule has 1 aromatic rings. The van der Waals surface area contributed by atoms with E-state index in [1.165, 1.54) is 12.1 Å². The number of amides is 2. The van der Waals surface area contributed by atoms with E-state index in [4.69, 9.17) is 0 Å². The number of carbonyl (C=O) groups excluding carboxylic acids is 2. The molecule has 0 aliphatic carbocycles. The van der Waals surface area contributed by atoms with Crippen LogP contribution < -0.4 is 0 Å². The van der Waals surface area contributed by atoms with Crippen molar-refractivity contribution in [3.05, 3.63) is 35.6 Å². The van der Waals surface area contributed by atoms with Crippen LogP contribution in [0.4, 0.5) is 4.39 Å². The number of halogens is 1. The Morgan fingerprint density at radius 1 is 1.09 bits per heavy atom. The first-order chi connectivity index (χ1) is 11.0. The second-order valence-electron chi connectivity index (χ2n) is 6.03. The Morgan fingerprint density at radius 2 is 1.70 bits per heavy atom. The van der Waals surface area contributed by atoms with E-state index in [1.807, 2.05) is 18.7 Å². The summed E-state index contributed by atoms with van der Waals surface area (Å²) in [5.74, 6) is -0.0436. The Kier molecular flexibility index (Phi) is 6.13. The van der Waals surface area contributed by atoms with Crippen molar-refractivity contribution in [2.24, 2.45) is 5.92 Å². The van der Waals surface area contributed by atoms with Gasteiger partial charge >= 0.3 is 0 Å². The quantitative estimate of drug-likeness (QED) is 0.836. The van der Waals surface area contributed by atoms with E-state index in [1.54, 1.807) is 17.0 Å². The summed E-state index contributed by atoms with van der Waals surface area (Å²) < 4.78 is 13.2. The summed E-state index contributed by atoms with van der Waals surface area (Å²) in [5.41, 5.74) is 0.686. The third kappa shape index (κ3) is 4.53. The zero-order valence-electron chi connectivity index (χ0n) is 13.9. The van der Waals surface area contributed by atoms with E-state index < -0.39 is 0 Å². The molecule has 1 fully saturated rings. The molecule has 0 N–H and O–H groups in total. The zero-order valence-corrected chi connectivity index (χ0v) is 13.9. The van der Waals surface area contributed by atoms with Gasteiger partial charge in [-0.05, 0) is 30.5 Å². The van der Waals surface area contributed by atoms with Crippen LogP contribution in [0, 0.1) is 11.7 Å². The predicted molar refractivity (Wildman–Crippen MR) is 87.3 cm³/mol. The lowest BCUT2D eigenvalue weighted by molar-refractivity contribution is -0.142. The fraction of sp³-hybridized carbons (Fsp3) is 0.556. The van der Waals surface area contributed by atoms with Gasteiger partial charge in [0.2, 0.25) is 11.8 Å². The summed E-state index contributed by atoms with van der Waals surface area (Å²) in [6, 6.07) is 6.14. The van der Waals surface area contributed by atoms with Gasteiger partial charge in [0.15, 0.2) is 0 Å². The first kappa shape index (κ1) is 17.4. The molecule has 5 heteroatoms. The van der Waals surface area contributed by atoms with E-state index in [0.717, 1.165) is 12.8 Å². The molecule has 23 heavy (non-hydrogen) atoms. The van der Waals surface area contributed by atoms with Crippen molar-refractivity contribution in [1.29, 1.82) is 0 Å². The van der Waals surface area contributed by atoms with E-state index in [-0.39, 0.29) is 30.0 Å². The highest BCUT2D eigenvalue weighted by Crippen LogP contribution is 2.15. The number of piperazine rings is 1. The maximum Gasteiger partial charge on any atom is 0.227 e. The molecule has 1 saturated heterocycles. The molecule has 0 unspecified atom stereocenters. The third-order valence-electron chi connectivity index (χ3n) is 4.52. The lowest BCUT2D eigenvalue weighted by Crippen LogP contribution is -2.52. The van der Waals surface area contributed by atoms with Crippen molar-refractivity contribution in [1.82, 2.24) is 9.80 Å². The molecule has 0 aromatic heterocycles. The van der Waals surface area contributed by atoms with Crippen LogP contribution in [0.15, 0.2) is 24.3 Å². The minimum Gasteiger partial charge on any atom is -0.339 e. The molecule has 0 radical (unpaired) electrons. The molecule has 0 saturated carbocycles. The second-order valence-corrected chi connectivity index (χ2v) is 6.03. The summed E-state index contributed by atoms with van der Waals surface area (Å²) in [4.78, 5) is 28.3. The Balaban J connectivity index is 1.86. The van der Waals surface area contributed by atoms with Gasteiger partial charge in [-0.1, -0.05) is 26.0 Å². The maximum atomic E-state index is 13.2. The minimum atomic E-state index is -0.323. The Morgan fingerprint density at radius 3 is 2.26 bits per heavy atom. The van der Waals surface area contributed by atoms with Crippen molar-refractivity contribution in [2.45, 2.75) is 33.1 Å². The van der Waals surface area contributed by atoms with Crippen LogP contribution in [-0.4, -0.2) is 47.8 Å². The molecule has 126 valence electrons. The van der Waals surface area contributed by atoms with Crippen LogP contribution in [0.3, 0.4) is 0 Å². The number of rotatable bonds is 5. The highest BCUT2D eigenvalue weighted by atomic mass is 19.1. The SMILES string of the molecule is CCC(CC)C(=O)N1CCN(C(=O)Cc2cccc(F)c2)CC1. The van der Waals surface area contributed by atoms with Crippen molar-refractivity contribution in [3.8, 4) is 0 Å². The van der Waals surface area contributed by atoms with Gasteiger partial charge in [-0.3, -0.25) is 9.59 Å². The summed E-state index contributed by atoms with van der Waals surface area (Å²) in [5, 5.41) is 0. The fourth-order valence-corrected chi connectivity index (χ4v) is 3.01. The smallest absolute Gasteiger partial charge is 0.227 e. The zero-order chi connectivity index (χ0) is 16.8. The standard InChI is InChI=1S/C18H25FN2O2/c1-3-15(4-2)18(23)21-10-8-20(9-11-21)17(22)13-14-6-5-7-16(19)12-14/h5-7,12,15H,3-4,8-11,13H2,1-2H3. The summed E-state index contributed by atoms with van der Waals surface area (Å²) in [6.07, 6.45) is 1.92. The normalized spacial score (nSPS) is 15.1. The Labute approximate surface area is 137 Å². The summed E-state index contributed by atoms with van der Waals surface area (Å²) in [6.45, 7) is 6.35. The van der Waals surface area contributed by atoms with Gasteiger partial charge in [-0.15, -0.1) is 0 Å². The number of benzene rings is 1. The topological polar surface area (TPSA) is 40.6 Å². The fourth-order valence-electron chi connectivity index (χ4n) is 3.01. The van der Waals surface area contributed by atoms with Crippen LogP contribution in [0.25, 0.3) is 0 Å². The molecule has 1 aliphatic rings. The van der Waals surface area contributed by atoms with Crippen molar-refractivity contribution < 1.29 is 14.0 Å². The number of hydrogen-bond acceptors (Lipinski definition) is 2. The molecular formula is C18H25FN2O2. The van der Waals surface area contributed by atoms with Crippen LogP contribution in [0.1, 0.15) is 32.3 Å². The lowest BCUT2D eigenvalue weighted by atomic mass is 10.0. The molecular weight excluding hydrogens is 295 g/mol. The molecule has 0 bridgehead atoms. The largest absolute Gasteiger partial charge is 0.339 e. The highest BCUT2D eigenvalue weighted by Gasteiger charge is 2.27. The first-order valence-electron chi connectivity index (χ1n) is 8.36. The molecule has 2 rings (SSSR count). The van der Waals surface area contributed by atoms with Gasteiger partial charge < -0.3 is 9.80 Å². The van der Waals surface area contributed by atoms with E-state index in [2.05, 4.69) is 0 Å². The van der Waals surface area contributed by atoms with Crippen molar-refractivity contribution >= 4 is 11.8 Å². The maximum absolute atomic E-state index is 13.2. The van der Waals surface area contributed by atoms with E-state index in [0.29, 0.717) is 31.7 Å². The van der Waals surface area contributed by atoms with Crippen LogP contribution >= 0.6 is 0 Å². The van der Waals surface area contributed by atoms with Gasteiger partial charge in [0.05, 0.1) is 6.42 Å². The van der Waals surface area contributed by atoms with Gasteiger partial charge in [0.25, 0.3) is 0 Å². The lowest BCUT2D eigenvalue weighted by Gasteiger charge is -2.36. The molecule has 0 atom stereocenters. The van der Waals surface area contributed by atoms with E-state index in [9.17, 15) is 14.0 Å². The molecule has 1 aliphatic heterocycles. The minimum absolute atomic E-state index is 0.00904. The molecule has 4 nitrogen and oxygen atoms in total. The number of nitrogens with zero attached hydrogens (tertiary/aromatic N) is 2. The van der Waals surface area contributed by atoms with Gasteiger partial charge in [-0.25, -0.2) is 4.39 Å². The Bertz CT molecular complexity index is 550. The molecule has 1 aromatic carbocycles. The third-order valence-corrected chi connectivity index (χ3v) is 4.52. The number of hydrogen-bond donors (Lipinski definition) is 0. The second kappa shape index (κ2) is 8.09. The summed E-state index contributed by atoms with van der Waals surface area (Å²) in [7, 11) is 0. The van der Waals surface area contributed by atoms with Crippen molar-refractivity contribution in [2.75, 3.05) is 26.2 Å².